The van der Waals surface area contributed by atoms with Crippen molar-refractivity contribution in [2.24, 2.45) is 11.7 Å². The van der Waals surface area contributed by atoms with Crippen molar-refractivity contribution in [2.45, 2.75) is 32.7 Å². The van der Waals surface area contributed by atoms with Crippen molar-refractivity contribution in [3.05, 3.63) is 29.8 Å². The molecule has 2 unspecified atom stereocenters. The molecule has 0 amide bonds. The number of nitrogens with two attached hydrogens (primary N) is 1. The van der Waals surface area contributed by atoms with Crippen molar-refractivity contribution in [1.82, 2.24) is 0 Å². The maximum atomic E-state index is 7.52. The molecule has 1 aromatic carbocycles. The Hall–Kier alpha value is -1.51. The van der Waals surface area contributed by atoms with Gasteiger partial charge in [0, 0.05) is 24.2 Å². The summed E-state index contributed by atoms with van der Waals surface area (Å²) in [5.74, 6) is 0.392. The van der Waals surface area contributed by atoms with Crippen molar-refractivity contribution < 1.29 is 0 Å². The van der Waals surface area contributed by atoms with E-state index in [2.05, 4.69) is 36.1 Å². The third-order valence-corrected chi connectivity index (χ3v) is 3.67. The summed E-state index contributed by atoms with van der Waals surface area (Å²) in [6.45, 7) is 5.11. The van der Waals surface area contributed by atoms with Crippen molar-refractivity contribution in [3.63, 3.8) is 0 Å². The minimum Gasteiger partial charge on any atom is -0.387 e. The van der Waals surface area contributed by atoms with E-state index in [1.165, 1.54) is 17.7 Å². The highest BCUT2D eigenvalue weighted by Crippen LogP contribution is 2.30. The maximum Gasteiger partial charge on any atom is 0.0952 e. The summed E-state index contributed by atoms with van der Waals surface area (Å²) in [6.07, 6.45) is 2.34. The van der Waals surface area contributed by atoms with E-state index in [4.69, 9.17) is 11.1 Å². The molecule has 1 aliphatic rings. The summed E-state index contributed by atoms with van der Waals surface area (Å²) < 4.78 is 0. The molecule has 0 aliphatic carbocycles. The molecule has 0 aromatic heterocycles. The molecule has 0 radical (unpaired) electrons. The first kappa shape index (κ1) is 12.0. The summed E-state index contributed by atoms with van der Waals surface area (Å²) >= 11 is 0. The van der Waals surface area contributed by atoms with Crippen LogP contribution in [0, 0.1) is 11.3 Å². The lowest BCUT2D eigenvalue weighted by Gasteiger charge is -2.38. The lowest BCUT2D eigenvalue weighted by molar-refractivity contribution is 0.536. The molecule has 1 heterocycles. The number of nitrogens with one attached hydrogen (secondary N) is 1. The monoisotopic (exact) mass is 231 g/mol. The van der Waals surface area contributed by atoms with Crippen LogP contribution < -0.4 is 10.6 Å². The Morgan fingerprint density at radius 2 is 2.24 bits per heavy atom. The van der Waals surface area contributed by atoms with Crippen LogP contribution >= 0.6 is 0 Å². The van der Waals surface area contributed by atoms with Gasteiger partial charge in [-0.05, 0) is 31.4 Å². The largest absolute Gasteiger partial charge is 0.387 e. The Morgan fingerprint density at radius 3 is 2.94 bits per heavy atom. The molecule has 17 heavy (non-hydrogen) atoms. The molecular formula is C14H21N3. The van der Waals surface area contributed by atoms with Gasteiger partial charge in [0.05, 0.1) is 5.84 Å². The highest BCUT2D eigenvalue weighted by molar-refractivity contribution is 5.80. The van der Waals surface area contributed by atoms with Crippen LogP contribution in [0.2, 0.25) is 0 Å². The van der Waals surface area contributed by atoms with Gasteiger partial charge >= 0.3 is 0 Å². The van der Waals surface area contributed by atoms with E-state index in [0.717, 1.165) is 13.0 Å². The quantitative estimate of drug-likeness (QED) is 0.620. The van der Waals surface area contributed by atoms with Gasteiger partial charge in [0.1, 0.15) is 0 Å². The van der Waals surface area contributed by atoms with Gasteiger partial charge in [-0.15, -0.1) is 0 Å². The van der Waals surface area contributed by atoms with E-state index >= 15 is 0 Å². The zero-order valence-corrected chi connectivity index (χ0v) is 10.6. The number of amidine groups is 1. The number of para-hydroxylation sites is 1. The summed E-state index contributed by atoms with van der Waals surface area (Å²) in [6, 6.07) is 9.10. The van der Waals surface area contributed by atoms with Gasteiger partial charge in [0.25, 0.3) is 0 Å². The molecule has 3 nitrogen and oxygen atoms in total. The third-order valence-electron chi connectivity index (χ3n) is 3.67. The van der Waals surface area contributed by atoms with Gasteiger partial charge in [0.15, 0.2) is 0 Å². The zero-order valence-electron chi connectivity index (χ0n) is 10.6. The number of hydrogen-bond donors (Lipinski definition) is 2. The van der Waals surface area contributed by atoms with Crippen molar-refractivity contribution in [1.29, 1.82) is 5.41 Å². The van der Waals surface area contributed by atoms with Gasteiger partial charge in [-0.2, -0.15) is 0 Å². The number of fused-ring (bicyclic) bond motifs is 1. The van der Waals surface area contributed by atoms with Crippen molar-refractivity contribution in [3.8, 4) is 0 Å². The minimum absolute atomic E-state index is 0.114. The van der Waals surface area contributed by atoms with Crippen molar-refractivity contribution in [2.75, 3.05) is 11.4 Å². The molecule has 0 saturated carbocycles. The third kappa shape index (κ3) is 2.43. The van der Waals surface area contributed by atoms with Gasteiger partial charge < -0.3 is 10.6 Å². The minimum atomic E-state index is 0.114. The topological polar surface area (TPSA) is 53.1 Å². The van der Waals surface area contributed by atoms with Gasteiger partial charge in [-0.25, -0.2) is 0 Å². The fraction of sp³-hybridized carbons (Fsp3) is 0.500. The highest BCUT2D eigenvalue weighted by Gasteiger charge is 2.24. The first-order valence-electron chi connectivity index (χ1n) is 6.28. The van der Waals surface area contributed by atoms with Crippen LogP contribution in [0.3, 0.4) is 0 Å². The number of aryl methyl sites for hydroxylation is 1. The van der Waals surface area contributed by atoms with Crippen LogP contribution in [0.25, 0.3) is 0 Å². The molecule has 3 N–H and O–H groups in total. The Bertz CT molecular complexity index is 414. The number of hydrogen-bond acceptors (Lipinski definition) is 2. The summed E-state index contributed by atoms with van der Waals surface area (Å²) in [4.78, 5) is 2.39. The molecule has 3 heteroatoms. The van der Waals surface area contributed by atoms with E-state index < -0.39 is 0 Å². The van der Waals surface area contributed by atoms with Gasteiger partial charge in [0.2, 0.25) is 0 Å². The molecular weight excluding hydrogens is 210 g/mol. The van der Waals surface area contributed by atoms with E-state index in [0.29, 0.717) is 6.04 Å². The molecule has 1 aliphatic heterocycles. The Balaban J connectivity index is 2.23. The molecule has 0 saturated heterocycles. The van der Waals surface area contributed by atoms with Crippen LogP contribution in [0.4, 0.5) is 5.69 Å². The molecule has 0 spiro atoms. The second kappa shape index (κ2) is 4.78. The predicted molar refractivity (Wildman–Crippen MR) is 72.6 cm³/mol. The molecule has 2 atom stereocenters. The van der Waals surface area contributed by atoms with Gasteiger partial charge in [-0.1, -0.05) is 25.1 Å². The Morgan fingerprint density at radius 1 is 1.53 bits per heavy atom. The highest BCUT2D eigenvalue weighted by atomic mass is 15.2. The number of nitrogens with zero attached hydrogens (tertiary/aromatic N) is 1. The summed E-state index contributed by atoms with van der Waals surface area (Å²) in [5, 5.41) is 7.52. The standard InChI is InChI=1S/C14H21N3/c1-10(14(15)16)9-17-11(2)7-8-12-5-3-4-6-13(12)17/h3-6,10-11H,7-9H2,1-2H3,(H3,15,16). The smallest absolute Gasteiger partial charge is 0.0952 e. The van der Waals surface area contributed by atoms with E-state index in [9.17, 15) is 0 Å². The average molecular weight is 231 g/mol. The van der Waals surface area contributed by atoms with E-state index in [-0.39, 0.29) is 11.8 Å². The Kier molecular flexibility index (Phi) is 3.36. The van der Waals surface area contributed by atoms with E-state index in [1.807, 2.05) is 6.92 Å². The first-order chi connectivity index (χ1) is 8.09. The molecule has 0 fully saturated rings. The SMILES string of the molecule is CC(CN1c2ccccc2CCC1C)C(=N)N. The second-order valence-electron chi connectivity index (χ2n) is 5.03. The van der Waals surface area contributed by atoms with Crippen LogP contribution in [0.5, 0.6) is 0 Å². The van der Waals surface area contributed by atoms with Crippen LogP contribution in [-0.2, 0) is 6.42 Å². The van der Waals surface area contributed by atoms with Gasteiger partial charge in [-0.3, -0.25) is 5.41 Å². The fourth-order valence-electron chi connectivity index (χ4n) is 2.43. The first-order valence-corrected chi connectivity index (χ1v) is 6.28. The molecule has 0 bridgehead atoms. The lowest BCUT2D eigenvalue weighted by atomic mass is 9.95. The summed E-state index contributed by atoms with van der Waals surface area (Å²) in [7, 11) is 0. The number of rotatable bonds is 3. The molecule has 2 rings (SSSR count). The Labute approximate surface area is 103 Å². The zero-order chi connectivity index (χ0) is 12.4. The molecule has 1 aromatic rings. The van der Waals surface area contributed by atoms with E-state index in [1.54, 1.807) is 0 Å². The lowest BCUT2D eigenvalue weighted by Crippen LogP contribution is -2.42. The van der Waals surface area contributed by atoms with Crippen LogP contribution in [0.15, 0.2) is 24.3 Å². The number of benzene rings is 1. The second-order valence-corrected chi connectivity index (χ2v) is 5.03. The maximum absolute atomic E-state index is 7.52. The average Bonchev–Trinajstić information content (AvgIpc) is 2.32. The number of anilines is 1. The van der Waals surface area contributed by atoms with Crippen LogP contribution in [0.1, 0.15) is 25.8 Å². The predicted octanol–water partition coefficient (Wildman–Crippen LogP) is 2.40. The van der Waals surface area contributed by atoms with Crippen molar-refractivity contribution >= 4 is 11.5 Å². The molecule has 92 valence electrons. The van der Waals surface area contributed by atoms with Crippen LogP contribution in [-0.4, -0.2) is 18.4 Å². The fourth-order valence-corrected chi connectivity index (χ4v) is 2.43. The normalized spacial score (nSPS) is 20.8. The summed E-state index contributed by atoms with van der Waals surface area (Å²) in [5.41, 5.74) is 8.31.